The number of benzene rings is 1. The van der Waals surface area contributed by atoms with E-state index in [1.165, 1.54) is 11.1 Å². The predicted molar refractivity (Wildman–Crippen MR) is 129 cm³/mol. The second kappa shape index (κ2) is 8.81. The average molecular weight is 447 g/mol. The molecule has 174 valence electrons. The maximum atomic E-state index is 13.4. The van der Waals surface area contributed by atoms with Gasteiger partial charge in [0.2, 0.25) is 5.91 Å². The number of carbonyl (C=O) groups excluding carboxylic acids is 2. The van der Waals surface area contributed by atoms with Gasteiger partial charge in [0, 0.05) is 37.2 Å². The smallest absolute Gasteiger partial charge is 0.254 e. The van der Waals surface area contributed by atoms with Crippen molar-refractivity contribution in [3.05, 3.63) is 52.8 Å². The van der Waals surface area contributed by atoms with Crippen molar-refractivity contribution in [2.45, 2.75) is 52.5 Å². The standard InChI is InChI=1S/C27H34N4O2/c1-17(2)31(16-19-10-11-30(15-19)26(32)21-8-9-21)27(33)22-6-4-20(5-7-22)24-13-25-23(12-18(24)3)14-28-29-25/h4-7,13-14,17-19,21H,8-12,15-16H2,1-3H3,(H,28,29)/t18?,19-/m1/s1. The highest BCUT2D eigenvalue weighted by molar-refractivity contribution is 5.95. The fourth-order valence-electron chi connectivity index (χ4n) is 5.26. The van der Waals surface area contributed by atoms with Gasteiger partial charge >= 0.3 is 0 Å². The average Bonchev–Trinajstić information content (AvgIpc) is 3.38. The highest BCUT2D eigenvalue weighted by Crippen LogP contribution is 2.35. The summed E-state index contributed by atoms with van der Waals surface area (Å²) in [5, 5.41) is 7.24. The Balaban J connectivity index is 1.27. The number of allylic oxidation sites excluding steroid dienone is 1. The zero-order valence-corrected chi connectivity index (χ0v) is 19.9. The van der Waals surface area contributed by atoms with E-state index in [2.05, 4.69) is 49.2 Å². The number of likely N-dealkylation sites (tertiary alicyclic amines) is 1. The molecule has 2 heterocycles. The Labute approximate surface area is 196 Å². The fraction of sp³-hybridized carbons (Fsp3) is 0.519. The Kier molecular flexibility index (Phi) is 5.85. The van der Waals surface area contributed by atoms with Crippen molar-refractivity contribution in [2.24, 2.45) is 17.8 Å². The third-order valence-electron chi connectivity index (χ3n) is 7.44. The van der Waals surface area contributed by atoms with Gasteiger partial charge in [-0.2, -0.15) is 5.10 Å². The van der Waals surface area contributed by atoms with Crippen LogP contribution >= 0.6 is 0 Å². The van der Waals surface area contributed by atoms with Gasteiger partial charge in [0.05, 0.1) is 11.9 Å². The molecule has 0 bridgehead atoms. The summed E-state index contributed by atoms with van der Waals surface area (Å²) in [6, 6.07) is 8.17. The summed E-state index contributed by atoms with van der Waals surface area (Å²) in [6.45, 7) is 8.71. The number of rotatable bonds is 6. The zero-order valence-electron chi connectivity index (χ0n) is 19.9. The van der Waals surface area contributed by atoms with Gasteiger partial charge in [-0.05, 0) is 86.3 Å². The van der Waals surface area contributed by atoms with Crippen LogP contribution in [0.15, 0.2) is 30.5 Å². The number of carbonyl (C=O) groups is 2. The molecule has 3 aliphatic rings. The summed E-state index contributed by atoms with van der Waals surface area (Å²) in [4.78, 5) is 29.8. The van der Waals surface area contributed by atoms with Crippen LogP contribution in [0.5, 0.6) is 0 Å². The first-order chi connectivity index (χ1) is 15.9. The van der Waals surface area contributed by atoms with Gasteiger partial charge in [0.25, 0.3) is 5.91 Å². The van der Waals surface area contributed by atoms with Crippen molar-refractivity contribution < 1.29 is 9.59 Å². The molecule has 0 radical (unpaired) electrons. The van der Waals surface area contributed by atoms with Crippen LogP contribution in [0.4, 0.5) is 0 Å². The molecule has 0 spiro atoms. The number of aromatic amines is 1. The summed E-state index contributed by atoms with van der Waals surface area (Å²) < 4.78 is 0. The molecular formula is C27H34N4O2. The van der Waals surface area contributed by atoms with Gasteiger partial charge in [-0.1, -0.05) is 19.1 Å². The number of hydrogen-bond donors (Lipinski definition) is 1. The topological polar surface area (TPSA) is 69.3 Å². The molecule has 1 saturated heterocycles. The first kappa shape index (κ1) is 21.9. The molecule has 1 aromatic carbocycles. The maximum Gasteiger partial charge on any atom is 0.254 e. The van der Waals surface area contributed by atoms with E-state index in [0.717, 1.165) is 55.6 Å². The molecule has 2 aliphatic carbocycles. The van der Waals surface area contributed by atoms with Crippen LogP contribution in [0.1, 0.15) is 67.2 Å². The van der Waals surface area contributed by atoms with E-state index in [0.29, 0.717) is 24.3 Å². The number of fused-ring (bicyclic) bond motifs is 1. The number of H-pyrrole nitrogens is 1. The number of hydrogen-bond acceptors (Lipinski definition) is 3. The second-order valence-corrected chi connectivity index (χ2v) is 10.4. The van der Waals surface area contributed by atoms with E-state index in [1.54, 1.807) is 0 Å². The normalized spacial score (nSPS) is 22.3. The number of nitrogens with zero attached hydrogens (tertiary/aromatic N) is 3. The van der Waals surface area contributed by atoms with Crippen LogP contribution in [-0.2, 0) is 11.2 Å². The minimum absolute atomic E-state index is 0.0741. The molecule has 1 saturated carbocycles. The molecule has 6 heteroatoms. The molecule has 1 unspecified atom stereocenters. The summed E-state index contributed by atoms with van der Waals surface area (Å²) in [7, 11) is 0. The lowest BCUT2D eigenvalue weighted by atomic mass is 9.84. The van der Waals surface area contributed by atoms with E-state index in [9.17, 15) is 9.59 Å². The molecule has 2 atom stereocenters. The minimum Gasteiger partial charge on any atom is -0.342 e. The Morgan fingerprint density at radius 2 is 1.94 bits per heavy atom. The number of nitrogens with one attached hydrogen (secondary N) is 1. The molecular weight excluding hydrogens is 412 g/mol. The Hall–Kier alpha value is -2.89. The van der Waals surface area contributed by atoms with Gasteiger partial charge in [0.1, 0.15) is 0 Å². The van der Waals surface area contributed by atoms with Crippen molar-refractivity contribution >= 4 is 23.5 Å². The van der Waals surface area contributed by atoms with E-state index in [-0.39, 0.29) is 17.9 Å². The van der Waals surface area contributed by atoms with E-state index in [1.807, 2.05) is 28.1 Å². The first-order valence-corrected chi connectivity index (χ1v) is 12.3. The van der Waals surface area contributed by atoms with Gasteiger partial charge in [-0.15, -0.1) is 0 Å². The van der Waals surface area contributed by atoms with Crippen molar-refractivity contribution in [3.8, 4) is 0 Å². The molecule has 5 rings (SSSR count). The molecule has 1 aliphatic heterocycles. The Morgan fingerprint density at radius 3 is 2.64 bits per heavy atom. The van der Waals surface area contributed by atoms with Crippen LogP contribution in [0, 0.1) is 17.8 Å². The first-order valence-electron chi connectivity index (χ1n) is 12.3. The highest BCUT2D eigenvalue weighted by atomic mass is 16.2. The van der Waals surface area contributed by atoms with Crippen LogP contribution in [0.3, 0.4) is 0 Å². The quantitative estimate of drug-likeness (QED) is 0.721. The lowest BCUT2D eigenvalue weighted by Crippen LogP contribution is -2.41. The van der Waals surface area contributed by atoms with Crippen molar-refractivity contribution in [1.29, 1.82) is 0 Å². The van der Waals surface area contributed by atoms with Crippen molar-refractivity contribution in [1.82, 2.24) is 20.0 Å². The van der Waals surface area contributed by atoms with Crippen LogP contribution in [-0.4, -0.2) is 57.5 Å². The molecule has 2 aromatic rings. The third-order valence-corrected chi connectivity index (χ3v) is 7.44. The minimum atomic E-state index is 0.0741. The SMILES string of the molecule is CC1Cc2cn[nH]c2C=C1c1ccc(C(=O)N(C[C@@H]2CCN(C(=O)C3CC3)C2)C(C)C)cc1. The van der Waals surface area contributed by atoms with Gasteiger partial charge in [-0.25, -0.2) is 0 Å². The highest BCUT2D eigenvalue weighted by Gasteiger charge is 2.37. The Morgan fingerprint density at radius 1 is 1.18 bits per heavy atom. The summed E-state index contributed by atoms with van der Waals surface area (Å²) in [5.41, 5.74) is 5.50. The van der Waals surface area contributed by atoms with Crippen molar-refractivity contribution in [2.75, 3.05) is 19.6 Å². The van der Waals surface area contributed by atoms with Crippen molar-refractivity contribution in [3.63, 3.8) is 0 Å². The van der Waals surface area contributed by atoms with Gasteiger partial charge in [0.15, 0.2) is 0 Å². The van der Waals surface area contributed by atoms with Crippen LogP contribution < -0.4 is 0 Å². The van der Waals surface area contributed by atoms with Crippen LogP contribution in [0.2, 0.25) is 0 Å². The van der Waals surface area contributed by atoms with Gasteiger partial charge < -0.3 is 9.80 Å². The zero-order chi connectivity index (χ0) is 23.1. The Bertz CT molecular complexity index is 1060. The third kappa shape index (κ3) is 4.48. The molecule has 33 heavy (non-hydrogen) atoms. The molecule has 6 nitrogen and oxygen atoms in total. The molecule has 2 amide bonds. The van der Waals surface area contributed by atoms with Crippen LogP contribution in [0.25, 0.3) is 11.6 Å². The summed E-state index contributed by atoms with van der Waals surface area (Å²) in [5.74, 6) is 1.43. The second-order valence-electron chi connectivity index (χ2n) is 10.4. The number of amides is 2. The predicted octanol–water partition coefficient (Wildman–Crippen LogP) is 4.25. The molecule has 1 aromatic heterocycles. The monoisotopic (exact) mass is 446 g/mol. The fourth-order valence-corrected chi connectivity index (χ4v) is 5.26. The van der Waals surface area contributed by atoms with E-state index < -0.39 is 0 Å². The number of aromatic nitrogens is 2. The summed E-state index contributed by atoms with van der Waals surface area (Å²) in [6.07, 6.45) is 8.14. The summed E-state index contributed by atoms with van der Waals surface area (Å²) >= 11 is 0. The largest absolute Gasteiger partial charge is 0.342 e. The maximum absolute atomic E-state index is 13.4. The van der Waals surface area contributed by atoms with Gasteiger partial charge in [-0.3, -0.25) is 14.7 Å². The lowest BCUT2D eigenvalue weighted by molar-refractivity contribution is -0.131. The van der Waals surface area contributed by atoms with E-state index in [4.69, 9.17) is 0 Å². The lowest BCUT2D eigenvalue weighted by Gasteiger charge is -2.30. The molecule has 1 N–H and O–H groups in total. The van der Waals surface area contributed by atoms with E-state index >= 15 is 0 Å². The molecule has 2 fully saturated rings.